The molecule has 0 fully saturated rings. The molecule has 0 atom stereocenters. The fourth-order valence-electron chi connectivity index (χ4n) is 4.12. The van der Waals surface area contributed by atoms with Gasteiger partial charge in [0.1, 0.15) is 22.9 Å². The van der Waals surface area contributed by atoms with E-state index < -0.39 is 0 Å². The van der Waals surface area contributed by atoms with Crippen LogP contribution in [-0.4, -0.2) is 36.5 Å². The number of aromatic nitrogens is 5. The molecule has 1 aromatic carbocycles. The third-order valence-corrected chi connectivity index (χ3v) is 6.10. The summed E-state index contributed by atoms with van der Waals surface area (Å²) in [5.41, 5.74) is 10.4. The lowest BCUT2D eigenvalue weighted by atomic mass is 10.0. The van der Waals surface area contributed by atoms with Crippen molar-refractivity contribution in [2.75, 3.05) is 11.1 Å². The number of carbonyl (C=O) groups is 1. The summed E-state index contributed by atoms with van der Waals surface area (Å²) in [4.78, 5) is 32.6. The molecule has 190 valence electrons. The van der Waals surface area contributed by atoms with Crippen LogP contribution in [0.15, 0.2) is 67.4 Å². The largest absolute Gasteiger partial charge is 0.383 e. The molecule has 0 aliphatic heterocycles. The summed E-state index contributed by atoms with van der Waals surface area (Å²) in [7, 11) is 0. The van der Waals surface area contributed by atoms with Gasteiger partial charge >= 0.3 is 0 Å². The van der Waals surface area contributed by atoms with Gasteiger partial charge in [0.15, 0.2) is 5.82 Å². The summed E-state index contributed by atoms with van der Waals surface area (Å²) in [6.07, 6.45) is 10.1. The van der Waals surface area contributed by atoms with Crippen LogP contribution in [-0.2, 0) is 4.79 Å². The molecule has 0 saturated heterocycles. The number of nitrogens with two attached hydrogens (primary N) is 1. The molecule has 4 heterocycles. The van der Waals surface area contributed by atoms with Gasteiger partial charge in [0, 0.05) is 52.8 Å². The lowest BCUT2D eigenvalue weighted by molar-refractivity contribution is -0.116. The summed E-state index contributed by atoms with van der Waals surface area (Å²) in [6, 6.07) is 9.92. The highest BCUT2D eigenvalue weighted by Gasteiger charge is 2.18. The quantitative estimate of drug-likeness (QED) is 0.208. The molecular weight excluding hydrogens is 483 g/mol. The molecule has 0 aliphatic rings. The molecule has 9 nitrogen and oxygen atoms in total. The maximum Gasteiger partial charge on any atom is 0.224 e. The maximum atomic E-state index is 14.5. The van der Waals surface area contributed by atoms with Gasteiger partial charge < -0.3 is 16.0 Å². The number of nitrogens with one attached hydrogen (secondary N) is 3. The van der Waals surface area contributed by atoms with E-state index in [0.717, 1.165) is 12.8 Å². The Bertz CT molecular complexity index is 1660. The second kappa shape index (κ2) is 10.6. The van der Waals surface area contributed by atoms with Crippen LogP contribution in [0.1, 0.15) is 37.6 Å². The van der Waals surface area contributed by atoms with Crippen molar-refractivity contribution in [3.05, 3.63) is 84.6 Å². The number of nitrogens with zero attached hydrogens (tertiary/aromatic N) is 4. The predicted molar refractivity (Wildman–Crippen MR) is 145 cm³/mol. The number of H-pyrrole nitrogens is 1. The van der Waals surface area contributed by atoms with E-state index in [2.05, 4.69) is 30.2 Å². The maximum absolute atomic E-state index is 14.5. The molecule has 1 amide bonds. The van der Waals surface area contributed by atoms with Crippen molar-refractivity contribution in [3.8, 4) is 22.3 Å². The fraction of sp³-hybridized carbons (Fsp3) is 0.143. The van der Waals surface area contributed by atoms with E-state index in [4.69, 9.17) is 11.1 Å². The first-order chi connectivity index (χ1) is 18.4. The molecular formula is C28H25FN8O. The van der Waals surface area contributed by atoms with E-state index in [9.17, 15) is 9.18 Å². The molecule has 5 rings (SSSR count). The number of nitrogen functional groups attached to an aromatic ring is 1. The summed E-state index contributed by atoms with van der Waals surface area (Å²) in [5.74, 6) is -0.0623. The number of anilines is 2. The molecule has 10 heteroatoms. The van der Waals surface area contributed by atoms with E-state index in [-0.39, 0.29) is 29.1 Å². The topological polar surface area (TPSA) is 146 Å². The van der Waals surface area contributed by atoms with Crippen molar-refractivity contribution in [1.29, 1.82) is 5.41 Å². The Balaban J connectivity index is 1.47. The van der Waals surface area contributed by atoms with Gasteiger partial charge in [0.25, 0.3) is 0 Å². The third-order valence-electron chi connectivity index (χ3n) is 6.10. The number of imidazole rings is 1. The van der Waals surface area contributed by atoms with Crippen LogP contribution in [0.25, 0.3) is 33.3 Å². The molecule has 0 unspecified atom stereocenters. The molecule has 5 N–H and O–H groups in total. The standard InChI is InChI=1S/C28H25FN8O/c1-2-3-8-24(38)35-18-9-16(11-32-13-18)17-10-20(27(31)34-12-17)25(30)28-36-23-15-33-14-21(26(23)37-28)19-6-4-5-7-22(19)29/h4-7,9-15,30H,2-3,8H2,1H3,(H2,31,34)(H,35,38)(H,36,37). The number of unbranched alkanes of at least 4 members (excludes halogenated alkanes) is 1. The van der Waals surface area contributed by atoms with Gasteiger partial charge in [-0.3, -0.25) is 20.2 Å². The highest BCUT2D eigenvalue weighted by molar-refractivity contribution is 6.13. The minimum atomic E-state index is -0.389. The lowest BCUT2D eigenvalue weighted by Gasteiger charge is -2.10. The number of pyridine rings is 3. The molecule has 38 heavy (non-hydrogen) atoms. The first-order valence-corrected chi connectivity index (χ1v) is 12.1. The monoisotopic (exact) mass is 508 g/mol. The van der Waals surface area contributed by atoms with Gasteiger partial charge in [-0.2, -0.15) is 0 Å². The molecule has 5 aromatic rings. The molecule has 0 bridgehead atoms. The lowest BCUT2D eigenvalue weighted by Crippen LogP contribution is -2.11. The molecule has 0 aliphatic carbocycles. The minimum Gasteiger partial charge on any atom is -0.383 e. The van der Waals surface area contributed by atoms with Gasteiger partial charge in [-0.1, -0.05) is 31.5 Å². The predicted octanol–water partition coefficient (Wildman–Crippen LogP) is 5.35. The van der Waals surface area contributed by atoms with Crippen LogP contribution in [0.3, 0.4) is 0 Å². The number of fused-ring (bicyclic) bond motifs is 1. The molecule has 4 aromatic heterocycles. The number of carbonyl (C=O) groups excluding carboxylic acids is 1. The summed E-state index contributed by atoms with van der Waals surface area (Å²) in [5, 5.41) is 11.7. The van der Waals surface area contributed by atoms with E-state index in [1.54, 1.807) is 61.3 Å². The van der Waals surface area contributed by atoms with Crippen molar-refractivity contribution in [2.24, 2.45) is 0 Å². The first-order valence-electron chi connectivity index (χ1n) is 12.1. The molecule has 0 spiro atoms. The number of rotatable bonds is 8. The van der Waals surface area contributed by atoms with Crippen LogP contribution in [0.2, 0.25) is 0 Å². The zero-order chi connectivity index (χ0) is 26.6. The number of aromatic amines is 1. The van der Waals surface area contributed by atoms with E-state index in [0.29, 0.717) is 51.0 Å². The van der Waals surface area contributed by atoms with E-state index >= 15 is 0 Å². The number of amides is 1. The van der Waals surface area contributed by atoms with E-state index in [1.807, 2.05) is 6.92 Å². The van der Waals surface area contributed by atoms with Gasteiger partial charge in [0.05, 0.1) is 23.6 Å². The smallest absolute Gasteiger partial charge is 0.224 e. The van der Waals surface area contributed by atoms with Gasteiger partial charge in [0.2, 0.25) is 5.91 Å². The van der Waals surface area contributed by atoms with Crippen molar-refractivity contribution in [1.82, 2.24) is 24.9 Å². The van der Waals surface area contributed by atoms with Crippen molar-refractivity contribution in [3.63, 3.8) is 0 Å². The molecule has 0 radical (unpaired) electrons. The van der Waals surface area contributed by atoms with Gasteiger partial charge in [-0.15, -0.1) is 0 Å². The number of benzene rings is 1. The summed E-state index contributed by atoms with van der Waals surface area (Å²) < 4.78 is 14.5. The van der Waals surface area contributed by atoms with Crippen LogP contribution in [0.5, 0.6) is 0 Å². The Hall–Kier alpha value is -4.99. The highest BCUT2D eigenvalue weighted by atomic mass is 19.1. The zero-order valence-electron chi connectivity index (χ0n) is 20.6. The van der Waals surface area contributed by atoms with Crippen LogP contribution in [0.4, 0.5) is 15.9 Å². The highest BCUT2D eigenvalue weighted by Crippen LogP contribution is 2.30. The van der Waals surface area contributed by atoms with Crippen LogP contribution in [0, 0.1) is 11.2 Å². The van der Waals surface area contributed by atoms with Crippen LogP contribution >= 0.6 is 0 Å². The normalized spacial score (nSPS) is 11.0. The third kappa shape index (κ3) is 4.96. The van der Waals surface area contributed by atoms with Crippen molar-refractivity contribution < 1.29 is 9.18 Å². The van der Waals surface area contributed by atoms with E-state index in [1.165, 1.54) is 6.07 Å². The average molecular weight is 509 g/mol. The Morgan fingerprint density at radius 3 is 2.66 bits per heavy atom. The minimum absolute atomic E-state index is 0.0181. The number of hydrogen-bond donors (Lipinski definition) is 4. The second-order valence-electron chi connectivity index (χ2n) is 8.79. The summed E-state index contributed by atoms with van der Waals surface area (Å²) in [6.45, 7) is 2.03. The Kier molecular flexibility index (Phi) is 6.86. The number of halogens is 1. The van der Waals surface area contributed by atoms with Crippen LogP contribution < -0.4 is 11.1 Å². The zero-order valence-corrected chi connectivity index (χ0v) is 20.6. The van der Waals surface area contributed by atoms with Crippen molar-refractivity contribution in [2.45, 2.75) is 26.2 Å². The number of hydrogen-bond acceptors (Lipinski definition) is 7. The average Bonchev–Trinajstić information content (AvgIpc) is 3.37. The second-order valence-corrected chi connectivity index (χ2v) is 8.79. The molecule has 0 saturated carbocycles. The summed E-state index contributed by atoms with van der Waals surface area (Å²) >= 11 is 0. The Morgan fingerprint density at radius 1 is 1.05 bits per heavy atom. The SMILES string of the molecule is CCCCC(=O)Nc1cncc(-c2cnc(N)c(C(=N)c3nc4c(-c5ccccc5F)cncc4[nH]3)c2)c1. The van der Waals surface area contributed by atoms with Gasteiger partial charge in [-0.05, 0) is 24.6 Å². The first kappa shape index (κ1) is 24.7. The Morgan fingerprint density at radius 2 is 1.84 bits per heavy atom. The Labute approximate surface area is 217 Å². The van der Waals surface area contributed by atoms with Crippen molar-refractivity contribution >= 4 is 34.2 Å². The van der Waals surface area contributed by atoms with Gasteiger partial charge in [-0.25, -0.2) is 14.4 Å². The fourth-order valence-corrected chi connectivity index (χ4v) is 4.12.